The van der Waals surface area contributed by atoms with Crippen LogP contribution in [0.15, 0.2) is 47.4 Å². The van der Waals surface area contributed by atoms with E-state index in [1.807, 2.05) is 18.2 Å². The van der Waals surface area contributed by atoms with Crippen LogP contribution < -0.4 is 5.32 Å². The van der Waals surface area contributed by atoms with Crippen LogP contribution in [0.5, 0.6) is 0 Å². The SMILES string of the molecule is Cc1ccc(S(C)(=O)=O)cc1C(=O)NCCSCc1ccccc1C#N. The zero-order valence-electron chi connectivity index (χ0n) is 14.7. The molecule has 0 aliphatic rings. The van der Waals surface area contributed by atoms with Crippen LogP contribution in [0.25, 0.3) is 0 Å². The Labute approximate surface area is 158 Å². The van der Waals surface area contributed by atoms with Gasteiger partial charge in [-0.15, -0.1) is 0 Å². The van der Waals surface area contributed by atoms with Crippen molar-refractivity contribution in [3.05, 3.63) is 64.7 Å². The van der Waals surface area contributed by atoms with Crippen LogP contribution in [-0.4, -0.2) is 32.9 Å². The topological polar surface area (TPSA) is 87.0 Å². The van der Waals surface area contributed by atoms with E-state index >= 15 is 0 Å². The Kier molecular flexibility index (Phi) is 6.83. The molecule has 1 N–H and O–H groups in total. The van der Waals surface area contributed by atoms with Gasteiger partial charge in [0.2, 0.25) is 0 Å². The Morgan fingerprint density at radius 2 is 1.96 bits per heavy atom. The average Bonchev–Trinajstić information content (AvgIpc) is 2.61. The first kappa shape index (κ1) is 20.0. The van der Waals surface area contributed by atoms with E-state index in [-0.39, 0.29) is 10.8 Å². The van der Waals surface area contributed by atoms with Gasteiger partial charge in [-0.1, -0.05) is 24.3 Å². The molecule has 0 aliphatic heterocycles. The monoisotopic (exact) mass is 388 g/mol. The van der Waals surface area contributed by atoms with Crippen LogP contribution >= 0.6 is 11.8 Å². The highest BCUT2D eigenvalue weighted by Gasteiger charge is 2.14. The summed E-state index contributed by atoms with van der Waals surface area (Å²) in [4.78, 5) is 12.5. The molecule has 2 aromatic carbocycles. The molecular formula is C19H20N2O3S2. The predicted molar refractivity (Wildman–Crippen MR) is 104 cm³/mol. The van der Waals surface area contributed by atoms with Gasteiger partial charge < -0.3 is 5.32 Å². The minimum absolute atomic E-state index is 0.135. The highest BCUT2D eigenvalue weighted by molar-refractivity contribution is 7.98. The zero-order valence-corrected chi connectivity index (χ0v) is 16.3. The van der Waals surface area contributed by atoms with Crippen molar-refractivity contribution >= 4 is 27.5 Å². The van der Waals surface area contributed by atoms with Crippen molar-refractivity contribution in [1.82, 2.24) is 5.32 Å². The van der Waals surface area contributed by atoms with Crippen molar-refractivity contribution in [1.29, 1.82) is 5.26 Å². The number of rotatable bonds is 7. The quantitative estimate of drug-likeness (QED) is 0.737. The van der Waals surface area contributed by atoms with Crippen LogP contribution in [0, 0.1) is 18.3 Å². The average molecular weight is 389 g/mol. The van der Waals surface area contributed by atoms with E-state index in [9.17, 15) is 13.2 Å². The Bertz CT molecular complexity index is 947. The molecule has 0 atom stereocenters. The van der Waals surface area contributed by atoms with E-state index in [2.05, 4.69) is 11.4 Å². The molecule has 0 saturated heterocycles. The molecule has 0 spiro atoms. The molecule has 0 heterocycles. The number of aryl methyl sites for hydroxylation is 1. The molecule has 0 unspecified atom stereocenters. The number of hydrogen-bond donors (Lipinski definition) is 1. The second kappa shape index (κ2) is 8.88. The van der Waals surface area contributed by atoms with E-state index in [0.29, 0.717) is 29.2 Å². The first-order valence-corrected chi connectivity index (χ1v) is 11.0. The molecule has 7 heteroatoms. The fourth-order valence-electron chi connectivity index (χ4n) is 2.35. The van der Waals surface area contributed by atoms with Gasteiger partial charge in [0.05, 0.1) is 16.5 Å². The van der Waals surface area contributed by atoms with Gasteiger partial charge in [-0.05, 0) is 36.2 Å². The number of nitriles is 1. The minimum Gasteiger partial charge on any atom is -0.351 e. The molecule has 0 aliphatic carbocycles. The summed E-state index contributed by atoms with van der Waals surface area (Å²) in [5, 5.41) is 11.9. The predicted octanol–water partition coefficient (Wildman–Crippen LogP) is 2.93. The second-order valence-corrected chi connectivity index (χ2v) is 8.95. The lowest BCUT2D eigenvalue weighted by atomic mass is 10.1. The maximum Gasteiger partial charge on any atom is 0.251 e. The van der Waals surface area contributed by atoms with E-state index in [1.54, 1.807) is 30.8 Å². The maximum atomic E-state index is 12.3. The van der Waals surface area contributed by atoms with Gasteiger partial charge in [-0.25, -0.2) is 8.42 Å². The summed E-state index contributed by atoms with van der Waals surface area (Å²) in [5.74, 6) is 1.10. The Hall–Kier alpha value is -2.30. The summed E-state index contributed by atoms with van der Waals surface area (Å²) in [5.41, 5.74) is 2.73. The Balaban J connectivity index is 1.89. The van der Waals surface area contributed by atoms with E-state index in [1.165, 1.54) is 12.1 Å². The third-order valence-electron chi connectivity index (χ3n) is 3.81. The fraction of sp³-hybridized carbons (Fsp3) is 0.263. The van der Waals surface area contributed by atoms with Crippen molar-refractivity contribution in [2.75, 3.05) is 18.6 Å². The third kappa shape index (κ3) is 5.35. The lowest BCUT2D eigenvalue weighted by Gasteiger charge is -2.09. The van der Waals surface area contributed by atoms with Gasteiger partial charge in [0, 0.05) is 29.9 Å². The first-order valence-electron chi connectivity index (χ1n) is 7.97. The summed E-state index contributed by atoms with van der Waals surface area (Å²) < 4.78 is 23.3. The van der Waals surface area contributed by atoms with Gasteiger partial charge >= 0.3 is 0 Å². The summed E-state index contributed by atoms with van der Waals surface area (Å²) >= 11 is 1.62. The Morgan fingerprint density at radius 1 is 1.23 bits per heavy atom. The van der Waals surface area contributed by atoms with Crippen LogP contribution in [0.2, 0.25) is 0 Å². The summed E-state index contributed by atoms with van der Waals surface area (Å²) in [7, 11) is -3.35. The van der Waals surface area contributed by atoms with Crippen molar-refractivity contribution in [2.45, 2.75) is 17.6 Å². The van der Waals surface area contributed by atoms with Crippen LogP contribution in [-0.2, 0) is 15.6 Å². The van der Waals surface area contributed by atoms with Gasteiger partial charge in [0.1, 0.15) is 0 Å². The third-order valence-corrected chi connectivity index (χ3v) is 5.93. The van der Waals surface area contributed by atoms with Crippen molar-refractivity contribution in [3.8, 4) is 6.07 Å². The number of thioether (sulfide) groups is 1. The second-order valence-electron chi connectivity index (χ2n) is 5.83. The molecule has 26 heavy (non-hydrogen) atoms. The van der Waals surface area contributed by atoms with Crippen LogP contribution in [0.4, 0.5) is 0 Å². The smallest absolute Gasteiger partial charge is 0.251 e. The maximum absolute atomic E-state index is 12.3. The summed E-state index contributed by atoms with van der Waals surface area (Å²) in [6.07, 6.45) is 1.12. The molecule has 0 aromatic heterocycles. The largest absolute Gasteiger partial charge is 0.351 e. The molecule has 136 valence electrons. The van der Waals surface area contributed by atoms with E-state index in [4.69, 9.17) is 5.26 Å². The van der Waals surface area contributed by atoms with Gasteiger partial charge in [-0.3, -0.25) is 4.79 Å². The molecule has 1 amide bonds. The number of carbonyl (C=O) groups is 1. The van der Waals surface area contributed by atoms with Gasteiger partial charge in [0.15, 0.2) is 9.84 Å². The van der Waals surface area contributed by atoms with Crippen molar-refractivity contribution in [2.24, 2.45) is 0 Å². The number of sulfone groups is 1. The molecule has 2 aromatic rings. The lowest BCUT2D eigenvalue weighted by molar-refractivity contribution is 0.0955. The highest BCUT2D eigenvalue weighted by Crippen LogP contribution is 2.17. The van der Waals surface area contributed by atoms with Crippen molar-refractivity contribution in [3.63, 3.8) is 0 Å². The number of benzene rings is 2. The number of amides is 1. The number of nitrogens with one attached hydrogen (secondary N) is 1. The molecule has 0 fully saturated rings. The Morgan fingerprint density at radius 3 is 2.65 bits per heavy atom. The minimum atomic E-state index is -3.35. The van der Waals surface area contributed by atoms with Crippen LogP contribution in [0.3, 0.4) is 0 Å². The van der Waals surface area contributed by atoms with Crippen molar-refractivity contribution < 1.29 is 13.2 Å². The molecule has 5 nitrogen and oxygen atoms in total. The molecular weight excluding hydrogens is 368 g/mol. The number of hydrogen-bond acceptors (Lipinski definition) is 5. The van der Waals surface area contributed by atoms with E-state index < -0.39 is 9.84 Å². The number of nitrogens with zero attached hydrogens (tertiary/aromatic N) is 1. The summed E-state index contributed by atoms with van der Waals surface area (Å²) in [6.45, 7) is 2.23. The van der Waals surface area contributed by atoms with E-state index in [0.717, 1.165) is 17.4 Å². The molecule has 0 radical (unpaired) electrons. The highest BCUT2D eigenvalue weighted by atomic mass is 32.2. The fourth-order valence-corrected chi connectivity index (χ4v) is 3.86. The van der Waals surface area contributed by atoms with Gasteiger partial charge in [0.25, 0.3) is 5.91 Å². The molecule has 0 saturated carbocycles. The molecule has 2 rings (SSSR count). The normalized spacial score (nSPS) is 11.0. The number of carbonyl (C=O) groups excluding carboxylic acids is 1. The zero-order chi connectivity index (χ0) is 19.2. The van der Waals surface area contributed by atoms with Crippen LogP contribution in [0.1, 0.15) is 27.0 Å². The lowest BCUT2D eigenvalue weighted by Crippen LogP contribution is -2.26. The van der Waals surface area contributed by atoms with Gasteiger partial charge in [-0.2, -0.15) is 17.0 Å². The standard InChI is InChI=1S/C19H20N2O3S2/c1-14-7-8-17(26(2,23)24)11-18(14)19(22)21-9-10-25-13-16-6-4-3-5-15(16)12-20/h3-8,11H,9-10,13H2,1-2H3,(H,21,22). The summed E-state index contributed by atoms with van der Waals surface area (Å²) in [6, 6.07) is 14.2. The molecule has 0 bridgehead atoms. The first-order chi connectivity index (χ1) is 12.3.